The van der Waals surface area contributed by atoms with Gasteiger partial charge in [-0.15, -0.1) is 0 Å². The molecule has 18 unspecified atom stereocenters. The van der Waals surface area contributed by atoms with Crippen molar-refractivity contribution in [2.24, 2.45) is 11.5 Å². The molecule has 80 heavy (non-hydrogen) atoms. The molecule has 0 aromatic rings. The zero-order valence-electron chi connectivity index (χ0n) is 44.5. The van der Waals surface area contributed by atoms with Crippen molar-refractivity contribution in [3.8, 4) is 0 Å². The van der Waals surface area contributed by atoms with E-state index < -0.39 is 220 Å². The van der Waals surface area contributed by atoms with Crippen LogP contribution in [0.15, 0.2) is 0 Å². The fourth-order valence-corrected chi connectivity index (χ4v) is 7.78. The van der Waals surface area contributed by atoms with E-state index in [-0.39, 0.29) is 19.4 Å². The molecule has 2 aliphatic rings. The first kappa shape index (κ1) is 69.3. The first-order chi connectivity index (χ1) is 37.4. The smallest absolute Gasteiger partial charge is 0.325 e. The Hall–Kier alpha value is -6.80. The standard InChI is InChI=1S/C45H75N11O24/c1-16(37(68)51-18(3)43(74)75)50-42(73)24(8-7-11-48-41(72)25(13-57)56-40(71)22(46)12-29(63)64)54-28(62)10-9-23(36(47)67)55-38(69)17(2)49-39(70)19(4)77-35-31(53-21(6)61)44(76)78-27(15-59)34(35)80-45-30(52-20(5)60)33(66)32(65)26(14-58)79-45/h16-19,22-27,30-35,44-45,57-59,65-66,76H,7-15,46H2,1-6H3,(H2,47,67)(H,48,72)(H,49,70)(H,50,73)(H,51,68)(H,52,60)(H,53,61)(H,54,62)(H,55,69)(H,56,71)(H,63,64)(H,74,75). The number of carbonyl (C=O) groups is 12. The zero-order valence-corrected chi connectivity index (χ0v) is 44.5. The Labute approximate surface area is 456 Å². The van der Waals surface area contributed by atoms with Gasteiger partial charge in [0.1, 0.15) is 91.1 Å². The van der Waals surface area contributed by atoms with Crippen LogP contribution >= 0.6 is 0 Å². The van der Waals surface area contributed by atoms with Crippen LogP contribution in [0.25, 0.3) is 0 Å². The molecule has 2 aliphatic heterocycles. The number of aliphatic carboxylic acids is 2. The van der Waals surface area contributed by atoms with E-state index in [0.29, 0.717) is 0 Å². The highest BCUT2D eigenvalue weighted by Gasteiger charge is 2.53. The lowest BCUT2D eigenvalue weighted by Crippen LogP contribution is -2.70. The molecule has 35 nitrogen and oxygen atoms in total. The molecule has 0 aromatic heterocycles. The second-order valence-corrected chi connectivity index (χ2v) is 18.8. The average molecular weight is 1150 g/mol. The van der Waals surface area contributed by atoms with Crippen molar-refractivity contribution in [1.29, 1.82) is 0 Å². The summed E-state index contributed by atoms with van der Waals surface area (Å²) in [6.45, 7) is 3.88. The summed E-state index contributed by atoms with van der Waals surface area (Å²) in [7, 11) is 0. The van der Waals surface area contributed by atoms with E-state index in [9.17, 15) is 88.2 Å². The van der Waals surface area contributed by atoms with Gasteiger partial charge < -0.3 is 119 Å². The van der Waals surface area contributed by atoms with Crippen molar-refractivity contribution < 1.29 is 117 Å². The van der Waals surface area contributed by atoms with Crippen molar-refractivity contribution in [2.75, 3.05) is 26.4 Å². The molecular formula is C45H75N11O24. The molecule has 10 amide bonds. The molecule has 0 spiro atoms. The van der Waals surface area contributed by atoms with E-state index in [1.807, 2.05) is 0 Å². The van der Waals surface area contributed by atoms with Crippen LogP contribution in [-0.4, -0.2) is 248 Å². The number of hydrogen-bond donors (Lipinski definition) is 19. The summed E-state index contributed by atoms with van der Waals surface area (Å²) in [5.74, 6) is -12.3. The number of carboxylic acids is 2. The number of amides is 10. The Bertz CT molecular complexity index is 2200. The monoisotopic (exact) mass is 1150 g/mol. The number of primary amides is 1. The highest BCUT2D eigenvalue weighted by atomic mass is 16.7. The molecule has 2 fully saturated rings. The van der Waals surface area contributed by atoms with Gasteiger partial charge in [-0.25, -0.2) is 0 Å². The van der Waals surface area contributed by atoms with Crippen LogP contribution in [0.5, 0.6) is 0 Å². The summed E-state index contributed by atoms with van der Waals surface area (Å²) in [4.78, 5) is 150. The average Bonchev–Trinajstić information content (AvgIpc) is 3.37. The zero-order chi connectivity index (χ0) is 60.9. The fraction of sp³-hybridized carbons (Fsp3) is 0.733. The SMILES string of the molecule is CC(=O)NC1C(OC2C(CO)OC(O)C(NC(C)=O)C2OC(C)C(=O)NC(C)C(=O)NC(CCC(=O)NC(CCCNC(=O)C(CO)NC(=O)C(N)CC(=O)O)C(=O)NC(C)C(=O)NC(C)C(=O)O)C(N)=O)OC(CO)C(O)C1O. The number of aliphatic hydroxyl groups excluding tert-OH is 6. The molecule has 18 atom stereocenters. The molecule has 0 aromatic carbocycles. The van der Waals surface area contributed by atoms with E-state index in [1.165, 1.54) is 20.8 Å². The maximum atomic E-state index is 13.6. The molecule has 454 valence electrons. The minimum absolute atomic E-state index is 0.110. The molecule has 0 bridgehead atoms. The molecule has 35 heteroatoms. The quantitative estimate of drug-likeness (QED) is 0.0278. The third kappa shape index (κ3) is 21.7. The Morgan fingerprint density at radius 2 is 1.15 bits per heavy atom. The van der Waals surface area contributed by atoms with Crippen LogP contribution in [0.4, 0.5) is 0 Å². The van der Waals surface area contributed by atoms with Crippen LogP contribution in [0.3, 0.4) is 0 Å². The number of ether oxygens (including phenoxy) is 4. The van der Waals surface area contributed by atoms with E-state index in [4.69, 9.17) is 40.6 Å². The Morgan fingerprint density at radius 1 is 0.600 bits per heavy atom. The number of nitrogens with one attached hydrogen (secondary N) is 9. The van der Waals surface area contributed by atoms with Gasteiger partial charge in [-0.05, 0) is 47.0 Å². The highest BCUT2D eigenvalue weighted by Crippen LogP contribution is 2.31. The Morgan fingerprint density at radius 3 is 1.69 bits per heavy atom. The normalized spacial score (nSPS) is 25.6. The van der Waals surface area contributed by atoms with Gasteiger partial charge in [-0.3, -0.25) is 57.5 Å². The third-order valence-electron chi connectivity index (χ3n) is 12.2. The summed E-state index contributed by atoms with van der Waals surface area (Å²) in [5.41, 5.74) is 11.0. The van der Waals surface area contributed by atoms with Crippen molar-refractivity contribution in [3.05, 3.63) is 0 Å². The molecule has 2 heterocycles. The summed E-state index contributed by atoms with van der Waals surface area (Å²) in [6, 6.07) is -13.6. The minimum atomic E-state index is -1.93. The van der Waals surface area contributed by atoms with E-state index in [1.54, 1.807) is 0 Å². The molecule has 21 N–H and O–H groups in total. The maximum absolute atomic E-state index is 13.6. The lowest BCUT2D eigenvalue weighted by Gasteiger charge is -2.48. The van der Waals surface area contributed by atoms with Gasteiger partial charge in [0.15, 0.2) is 12.6 Å². The molecule has 2 saturated heterocycles. The van der Waals surface area contributed by atoms with Gasteiger partial charge in [0.25, 0.3) is 0 Å². The van der Waals surface area contributed by atoms with Crippen molar-refractivity contribution in [1.82, 2.24) is 47.9 Å². The van der Waals surface area contributed by atoms with Crippen LogP contribution in [0.2, 0.25) is 0 Å². The third-order valence-corrected chi connectivity index (χ3v) is 12.2. The second-order valence-electron chi connectivity index (χ2n) is 18.8. The fourth-order valence-electron chi connectivity index (χ4n) is 7.78. The first-order valence-corrected chi connectivity index (χ1v) is 25.0. The summed E-state index contributed by atoms with van der Waals surface area (Å²) < 4.78 is 23.2. The Kier molecular flexibility index (Phi) is 28.7. The van der Waals surface area contributed by atoms with E-state index in [0.717, 1.165) is 20.8 Å². The predicted octanol–water partition coefficient (Wildman–Crippen LogP) is -10.7. The largest absolute Gasteiger partial charge is 0.481 e. The summed E-state index contributed by atoms with van der Waals surface area (Å²) >= 11 is 0. The van der Waals surface area contributed by atoms with Gasteiger partial charge in [0, 0.05) is 26.8 Å². The number of carbonyl (C=O) groups excluding carboxylic acids is 10. The number of nitrogens with two attached hydrogens (primary N) is 2. The van der Waals surface area contributed by atoms with Gasteiger partial charge in [-0.2, -0.15) is 0 Å². The van der Waals surface area contributed by atoms with Crippen LogP contribution in [0, 0.1) is 0 Å². The summed E-state index contributed by atoms with van der Waals surface area (Å²) in [5, 5.41) is 101. The van der Waals surface area contributed by atoms with Crippen LogP contribution in [-0.2, 0) is 76.5 Å². The van der Waals surface area contributed by atoms with Crippen LogP contribution in [0.1, 0.15) is 73.6 Å². The topological polar surface area (TPSA) is 564 Å². The van der Waals surface area contributed by atoms with E-state index in [2.05, 4.69) is 47.9 Å². The van der Waals surface area contributed by atoms with Crippen LogP contribution < -0.4 is 59.3 Å². The number of rotatable bonds is 32. The highest BCUT2D eigenvalue weighted by molar-refractivity contribution is 5.95. The van der Waals surface area contributed by atoms with E-state index >= 15 is 0 Å². The summed E-state index contributed by atoms with van der Waals surface area (Å²) in [6.07, 6.45) is -17.5. The molecule has 0 saturated carbocycles. The minimum Gasteiger partial charge on any atom is -0.481 e. The number of aliphatic hydroxyl groups is 6. The number of carboxylic acid groups (broad SMARTS) is 2. The predicted molar refractivity (Wildman–Crippen MR) is 264 cm³/mol. The lowest BCUT2D eigenvalue weighted by molar-refractivity contribution is -0.333. The molecule has 0 aliphatic carbocycles. The van der Waals surface area contributed by atoms with Crippen molar-refractivity contribution >= 4 is 71.0 Å². The van der Waals surface area contributed by atoms with Crippen molar-refractivity contribution in [2.45, 2.75) is 183 Å². The van der Waals surface area contributed by atoms with Gasteiger partial charge in [-0.1, -0.05) is 0 Å². The lowest BCUT2D eigenvalue weighted by atomic mass is 9.94. The molecule has 2 rings (SSSR count). The molecular weight excluding hydrogens is 1080 g/mol. The number of hydrogen-bond acceptors (Lipinski definition) is 23. The first-order valence-electron chi connectivity index (χ1n) is 25.0. The second kappa shape index (κ2) is 33.1. The van der Waals surface area contributed by atoms with Gasteiger partial charge in [0.05, 0.1) is 32.3 Å². The van der Waals surface area contributed by atoms with Gasteiger partial charge in [0.2, 0.25) is 59.1 Å². The van der Waals surface area contributed by atoms with Gasteiger partial charge >= 0.3 is 11.9 Å². The Balaban J connectivity index is 2.23. The maximum Gasteiger partial charge on any atom is 0.325 e. The molecule has 0 radical (unpaired) electrons. The van der Waals surface area contributed by atoms with Crippen molar-refractivity contribution in [3.63, 3.8) is 0 Å².